The number of rotatable bonds is 36. The number of amides is 1. The first-order valence-electron chi connectivity index (χ1n) is 21.8. The van der Waals surface area contributed by atoms with E-state index in [1.807, 2.05) is 0 Å². The van der Waals surface area contributed by atoms with Gasteiger partial charge < -0.3 is 40.3 Å². The summed E-state index contributed by atoms with van der Waals surface area (Å²) in [5.41, 5.74) is 0. The normalized spacial score (nSPS) is 22.2. The van der Waals surface area contributed by atoms with E-state index >= 15 is 0 Å². The lowest BCUT2D eigenvalue weighted by Gasteiger charge is -2.41. The zero-order valence-corrected chi connectivity index (χ0v) is 35.4. The summed E-state index contributed by atoms with van der Waals surface area (Å²) < 4.78 is 47.4. The van der Waals surface area contributed by atoms with E-state index in [0.717, 1.165) is 38.5 Å². The predicted octanol–water partition coefficient (Wildman–Crippen LogP) is 6.74. The molecule has 8 unspecified atom stereocenters. The van der Waals surface area contributed by atoms with Gasteiger partial charge in [-0.3, -0.25) is 9.35 Å². The molecule has 1 aliphatic rings. The van der Waals surface area contributed by atoms with Gasteiger partial charge in [0.15, 0.2) is 6.29 Å². The standard InChI is InChI=1S/C42H79NO12S/c1-3-5-7-9-11-13-15-17-19-21-23-25-27-29-31-36(46)41(49)43-34(35(45)30-28-26-24-22-20-18-16-14-12-10-8-6-4-2)33-53-42-39(48)40(55-56(50,51)52)38(47)37(32-44)54-42/h20,22,28,30,34-40,42,44-48H,3-19,21,23-27,29,31-33H2,1-2H3,(H,43,49)(H,50,51,52)/b22-20+,30-28+. The Morgan fingerprint density at radius 1 is 0.714 bits per heavy atom. The Labute approximate surface area is 338 Å². The SMILES string of the molecule is CCCCCCCCC/C=C/CC/C=C/C(O)C(COC1OC(CO)C(O)C(OS(=O)(=O)O)C1O)NC(=O)C(O)CCCCCCCCCCCCCCCC. The molecule has 56 heavy (non-hydrogen) atoms. The molecule has 0 spiro atoms. The summed E-state index contributed by atoms with van der Waals surface area (Å²) in [6, 6.07) is -1.13. The van der Waals surface area contributed by atoms with E-state index in [4.69, 9.17) is 14.0 Å². The highest BCUT2D eigenvalue weighted by Crippen LogP contribution is 2.26. The molecule has 0 aliphatic carbocycles. The predicted molar refractivity (Wildman–Crippen MR) is 219 cm³/mol. The molecule has 8 atom stereocenters. The lowest BCUT2D eigenvalue weighted by Crippen LogP contribution is -2.61. The molecule has 1 rings (SSSR count). The van der Waals surface area contributed by atoms with Crippen LogP contribution in [0.5, 0.6) is 0 Å². The molecule has 1 amide bonds. The average molecular weight is 822 g/mol. The van der Waals surface area contributed by atoms with Crippen LogP contribution in [-0.4, -0.2) is 107 Å². The molecule has 1 fully saturated rings. The van der Waals surface area contributed by atoms with Crippen LogP contribution in [0.3, 0.4) is 0 Å². The number of allylic oxidation sites excluding steroid dienone is 3. The summed E-state index contributed by atoms with van der Waals surface area (Å²) in [4.78, 5) is 13.1. The number of nitrogens with one attached hydrogen (secondary N) is 1. The van der Waals surface area contributed by atoms with Crippen molar-refractivity contribution in [1.29, 1.82) is 0 Å². The third kappa shape index (κ3) is 25.8. The van der Waals surface area contributed by atoms with Crippen LogP contribution in [0.2, 0.25) is 0 Å². The minimum Gasteiger partial charge on any atom is -0.394 e. The number of carbonyl (C=O) groups excluding carboxylic acids is 1. The summed E-state index contributed by atoms with van der Waals surface area (Å²) in [6.45, 7) is 3.17. The molecule has 1 saturated heterocycles. The van der Waals surface area contributed by atoms with Crippen LogP contribution in [0, 0.1) is 0 Å². The first kappa shape index (κ1) is 52.6. The molecular weight excluding hydrogens is 743 g/mol. The summed E-state index contributed by atoms with van der Waals surface area (Å²) in [5.74, 6) is -0.713. The van der Waals surface area contributed by atoms with Crippen molar-refractivity contribution in [3.63, 3.8) is 0 Å². The number of ether oxygens (including phenoxy) is 2. The molecule has 1 aliphatic heterocycles. The molecule has 0 aromatic rings. The third-order valence-corrected chi connectivity index (χ3v) is 10.8. The maximum absolute atomic E-state index is 13.1. The Morgan fingerprint density at radius 2 is 1.20 bits per heavy atom. The van der Waals surface area contributed by atoms with E-state index in [2.05, 4.69) is 35.5 Å². The Kier molecular flexibility index (Phi) is 31.3. The first-order chi connectivity index (χ1) is 26.9. The third-order valence-electron chi connectivity index (χ3n) is 10.3. The molecule has 13 nitrogen and oxygen atoms in total. The average Bonchev–Trinajstić information content (AvgIpc) is 3.16. The van der Waals surface area contributed by atoms with Crippen LogP contribution in [0.25, 0.3) is 0 Å². The zero-order chi connectivity index (χ0) is 41.4. The fraction of sp³-hybridized carbons (Fsp3) is 0.881. The van der Waals surface area contributed by atoms with Gasteiger partial charge in [0.05, 0.1) is 25.4 Å². The lowest BCUT2D eigenvalue weighted by molar-refractivity contribution is -0.298. The highest BCUT2D eigenvalue weighted by molar-refractivity contribution is 7.80. The number of hydrogen-bond donors (Lipinski definition) is 7. The minimum absolute atomic E-state index is 0.240. The maximum Gasteiger partial charge on any atom is 0.397 e. The van der Waals surface area contributed by atoms with Crippen LogP contribution in [0.4, 0.5) is 0 Å². The van der Waals surface area contributed by atoms with Crippen molar-refractivity contribution in [2.75, 3.05) is 13.2 Å². The maximum atomic E-state index is 13.1. The van der Waals surface area contributed by atoms with Gasteiger partial charge in [-0.05, 0) is 32.1 Å². The Hall–Kier alpha value is -1.46. The molecular formula is C42H79NO12S. The Morgan fingerprint density at radius 3 is 1.71 bits per heavy atom. The van der Waals surface area contributed by atoms with Gasteiger partial charge in [-0.25, -0.2) is 4.18 Å². The number of aliphatic hydroxyl groups excluding tert-OH is 5. The molecule has 7 N–H and O–H groups in total. The van der Waals surface area contributed by atoms with Crippen molar-refractivity contribution >= 4 is 16.3 Å². The van der Waals surface area contributed by atoms with Gasteiger partial charge in [-0.1, -0.05) is 167 Å². The number of unbranched alkanes of at least 4 members (excludes halogenated alkanes) is 21. The van der Waals surface area contributed by atoms with E-state index in [0.29, 0.717) is 12.8 Å². The second kappa shape index (κ2) is 33.4. The van der Waals surface area contributed by atoms with Crippen LogP contribution >= 0.6 is 0 Å². The van der Waals surface area contributed by atoms with Gasteiger partial charge in [0.25, 0.3) is 0 Å². The van der Waals surface area contributed by atoms with Gasteiger partial charge in [0.1, 0.15) is 30.5 Å². The largest absolute Gasteiger partial charge is 0.397 e. The molecule has 0 saturated carbocycles. The van der Waals surface area contributed by atoms with Gasteiger partial charge in [0, 0.05) is 0 Å². The molecule has 0 aromatic heterocycles. The van der Waals surface area contributed by atoms with E-state index in [1.165, 1.54) is 109 Å². The fourth-order valence-corrected chi connectivity index (χ4v) is 7.34. The smallest absolute Gasteiger partial charge is 0.394 e. The van der Waals surface area contributed by atoms with Crippen molar-refractivity contribution < 1.29 is 57.0 Å². The van der Waals surface area contributed by atoms with E-state index < -0.39 is 78.5 Å². The Bertz CT molecular complexity index is 1120. The summed E-state index contributed by atoms with van der Waals surface area (Å²) in [5, 5.41) is 55.0. The highest BCUT2D eigenvalue weighted by Gasteiger charge is 2.48. The van der Waals surface area contributed by atoms with Crippen LogP contribution < -0.4 is 5.32 Å². The van der Waals surface area contributed by atoms with Crippen molar-refractivity contribution in [3.05, 3.63) is 24.3 Å². The minimum atomic E-state index is -5.12. The topological polar surface area (TPSA) is 212 Å². The van der Waals surface area contributed by atoms with Gasteiger partial charge in [-0.15, -0.1) is 0 Å². The molecule has 0 radical (unpaired) electrons. The Balaban J connectivity index is 2.65. The number of carbonyl (C=O) groups is 1. The fourth-order valence-electron chi connectivity index (χ4n) is 6.83. The summed E-state index contributed by atoms with van der Waals surface area (Å²) in [7, 11) is -5.12. The van der Waals surface area contributed by atoms with E-state index in [1.54, 1.807) is 6.08 Å². The highest BCUT2D eigenvalue weighted by atomic mass is 32.3. The van der Waals surface area contributed by atoms with Crippen molar-refractivity contribution in [2.24, 2.45) is 0 Å². The van der Waals surface area contributed by atoms with Gasteiger partial charge in [-0.2, -0.15) is 8.42 Å². The second-order valence-corrected chi connectivity index (χ2v) is 16.5. The summed E-state index contributed by atoms with van der Waals surface area (Å²) in [6.07, 6.45) is 24.1. The van der Waals surface area contributed by atoms with Gasteiger partial charge >= 0.3 is 10.4 Å². The first-order valence-corrected chi connectivity index (χ1v) is 23.2. The molecule has 330 valence electrons. The van der Waals surface area contributed by atoms with Crippen LogP contribution in [0.15, 0.2) is 24.3 Å². The van der Waals surface area contributed by atoms with E-state index in [-0.39, 0.29) is 6.42 Å². The molecule has 1 heterocycles. The molecule has 14 heteroatoms. The summed E-state index contributed by atoms with van der Waals surface area (Å²) >= 11 is 0. The van der Waals surface area contributed by atoms with Crippen LogP contribution in [-0.2, 0) is 28.9 Å². The van der Waals surface area contributed by atoms with Crippen LogP contribution in [0.1, 0.15) is 174 Å². The van der Waals surface area contributed by atoms with Gasteiger partial charge in [0.2, 0.25) is 5.91 Å². The zero-order valence-electron chi connectivity index (χ0n) is 34.6. The monoisotopic (exact) mass is 822 g/mol. The second-order valence-electron chi connectivity index (χ2n) is 15.4. The molecule has 0 bridgehead atoms. The number of aliphatic hydroxyl groups is 5. The van der Waals surface area contributed by atoms with E-state index in [9.17, 15) is 38.7 Å². The lowest BCUT2D eigenvalue weighted by atomic mass is 9.99. The number of hydrogen-bond acceptors (Lipinski definition) is 11. The van der Waals surface area contributed by atoms with Crippen molar-refractivity contribution in [1.82, 2.24) is 5.32 Å². The van der Waals surface area contributed by atoms with Crippen molar-refractivity contribution in [2.45, 2.75) is 223 Å². The quantitative estimate of drug-likeness (QED) is 0.0199. The van der Waals surface area contributed by atoms with Crippen molar-refractivity contribution in [3.8, 4) is 0 Å². The molecule has 0 aromatic carbocycles.